The van der Waals surface area contributed by atoms with E-state index in [9.17, 15) is 9.18 Å². The smallest absolute Gasteiger partial charge is 0.252 e. The normalized spacial score (nSPS) is 15.9. The van der Waals surface area contributed by atoms with E-state index >= 15 is 0 Å². The van der Waals surface area contributed by atoms with Gasteiger partial charge in [0, 0.05) is 17.6 Å². The van der Waals surface area contributed by atoms with Crippen molar-refractivity contribution in [2.45, 2.75) is 6.04 Å². The van der Waals surface area contributed by atoms with Crippen molar-refractivity contribution in [3.05, 3.63) is 34.1 Å². The lowest BCUT2D eigenvalue weighted by Gasteiger charge is -2.28. The van der Waals surface area contributed by atoms with Crippen LogP contribution in [0.15, 0.2) is 22.7 Å². The molecule has 1 saturated heterocycles. The molecule has 0 atom stereocenters. The first kappa shape index (κ1) is 10.6. The molecule has 0 saturated carbocycles. The van der Waals surface area contributed by atoms with Crippen molar-refractivity contribution in [1.82, 2.24) is 10.6 Å². The average Bonchev–Trinajstić information content (AvgIpc) is 2.15. The molecule has 1 aliphatic heterocycles. The maximum Gasteiger partial charge on any atom is 0.252 e. The van der Waals surface area contributed by atoms with Gasteiger partial charge in [-0.1, -0.05) is 0 Å². The highest BCUT2D eigenvalue weighted by atomic mass is 79.9. The van der Waals surface area contributed by atoms with Crippen molar-refractivity contribution in [3.63, 3.8) is 0 Å². The Hall–Kier alpha value is -0.940. The monoisotopic (exact) mass is 272 g/mol. The number of amides is 1. The fourth-order valence-electron chi connectivity index (χ4n) is 1.33. The van der Waals surface area contributed by atoms with Gasteiger partial charge in [0.05, 0.1) is 11.6 Å². The minimum absolute atomic E-state index is 0.160. The summed E-state index contributed by atoms with van der Waals surface area (Å²) >= 11 is 3.22. The van der Waals surface area contributed by atoms with Gasteiger partial charge in [0.1, 0.15) is 5.82 Å². The summed E-state index contributed by atoms with van der Waals surface area (Å²) in [5.74, 6) is -0.650. The van der Waals surface area contributed by atoms with Crippen molar-refractivity contribution in [2.24, 2.45) is 0 Å². The summed E-state index contributed by atoms with van der Waals surface area (Å²) in [7, 11) is 0. The zero-order chi connectivity index (χ0) is 10.8. The van der Waals surface area contributed by atoms with Crippen LogP contribution in [0.25, 0.3) is 0 Å². The van der Waals surface area contributed by atoms with Gasteiger partial charge in [-0.2, -0.15) is 0 Å². The molecule has 1 aromatic rings. The van der Waals surface area contributed by atoms with Crippen molar-refractivity contribution < 1.29 is 9.18 Å². The zero-order valence-electron chi connectivity index (χ0n) is 7.89. The molecule has 0 aliphatic carbocycles. The van der Waals surface area contributed by atoms with E-state index in [1.165, 1.54) is 18.2 Å². The number of carbonyl (C=O) groups excluding carboxylic acids is 1. The molecule has 2 N–H and O–H groups in total. The second-order valence-electron chi connectivity index (χ2n) is 3.45. The van der Waals surface area contributed by atoms with Gasteiger partial charge in [0.15, 0.2) is 0 Å². The molecule has 0 bridgehead atoms. The summed E-state index contributed by atoms with van der Waals surface area (Å²) in [4.78, 5) is 11.7. The first-order valence-electron chi connectivity index (χ1n) is 4.63. The standard InChI is InChI=1S/C10H10BrFN2O/c11-9-2-1-6(12)3-8(9)10(15)14-7-4-13-5-7/h1-3,7,13H,4-5H2,(H,14,15). The van der Waals surface area contributed by atoms with Crippen molar-refractivity contribution in [2.75, 3.05) is 13.1 Å². The summed E-state index contributed by atoms with van der Waals surface area (Å²) in [5.41, 5.74) is 0.335. The Morgan fingerprint density at radius 3 is 2.87 bits per heavy atom. The van der Waals surface area contributed by atoms with E-state index in [1.807, 2.05) is 0 Å². The topological polar surface area (TPSA) is 41.1 Å². The Bertz CT molecular complexity index is 393. The quantitative estimate of drug-likeness (QED) is 0.852. The SMILES string of the molecule is O=C(NC1CNC1)c1cc(F)ccc1Br. The molecule has 0 aromatic heterocycles. The summed E-state index contributed by atoms with van der Waals surface area (Å²) in [6.07, 6.45) is 0. The molecule has 0 radical (unpaired) electrons. The van der Waals surface area contributed by atoms with Gasteiger partial charge in [0.2, 0.25) is 0 Å². The maximum absolute atomic E-state index is 12.9. The van der Waals surface area contributed by atoms with E-state index in [-0.39, 0.29) is 11.9 Å². The number of hydrogen-bond acceptors (Lipinski definition) is 2. The third kappa shape index (κ3) is 2.35. The van der Waals surface area contributed by atoms with Crippen LogP contribution in [0.4, 0.5) is 4.39 Å². The van der Waals surface area contributed by atoms with E-state index in [1.54, 1.807) is 0 Å². The number of nitrogens with one attached hydrogen (secondary N) is 2. The molecule has 1 aromatic carbocycles. The molecule has 2 rings (SSSR count). The molecule has 80 valence electrons. The van der Waals surface area contributed by atoms with Gasteiger partial charge in [-0.25, -0.2) is 4.39 Å². The molecule has 3 nitrogen and oxygen atoms in total. The minimum atomic E-state index is -0.407. The van der Waals surface area contributed by atoms with Crippen LogP contribution < -0.4 is 10.6 Å². The number of carbonyl (C=O) groups is 1. The van der Waals surface area contributed by atoms with Crippen LogP contribution in [-0.2, 0) is 0 Å². The number of halogens is 2. The summed E-state index contributed by atoms with van der Waals surface area (Å²) in [6, 6.07) is 4.23. The molecular weight excluding hydrogens is 263 g/mol. The molecule has 0 unspecified atom stereocenters. The molecule has 5 heteroatoms. The van der Waals surface area contributed by atoms with Crippen LogP contribution >= 0.6 is 15.9 Å². The first-order valence-corrected chi connectivity index (χ1v) is 5.43. The molecule has 1 amide bonds. The molecule has 1 aliphatic rings. The lowest BCUT2D eigenvalue weighted by atomic mass is 10.1. The number of hydrogen-bond donors (Lipinski definition) is 2. The van der Waals surface area contributed by atoms with Crippen molar-refractivity contribution in [1.29, 1.82) is 0 Å². The highest BCUT2D eigenvalue weighted by Gasteiger charge is 2.20. The van der Waals surface area contributed by atoms with E-state index in [4.69, 9.17) is 0 Å². The lowest BCUT2D eigenvalue weighted by Crippen LogP contribution is -2.56. The summed E-state index contributed by atoms with van der Waals surface area (Å²) < 4.78 is 13.5. The van der Waals surface area contributed by atoms with E-state index in [2.05, 4.69) is 26.6 Å². The number of benzene rings is 1. The van der Waals surface area contributed by atoms with Gasteiger partial charge in [0.25, 0.3) is 5.91 Å². The minimum Gasteiger partial charge on any atom is -0.347 e. The van der Waals surface area contributed by atoms with Crippen LogP contribution in [0.5, 0.6) is 0 Å². The van der Waals surface area contributed by atoms with E-state index in [0.29, 0.717) is 10.0 Å². The third-order valence-electron chi connectivity index (χ3n) is 2.29. The molecule has 1 heterocycles. The second kappa shape index (κ2) is 4.28. The third-order valence-corrected chi connectivity index (χ3v) is 2.98. The van der Waals surface area contributed by atoms with Crippen molar-refractivity contribution in [3.8, 4) is 0 Å². The van der Waals surface area contributed by atoms with E-state index < -0.39 is 5.82 Å². The Balaban J connectivity index is 2.12. The molecule has 1 fully saturated rings. The van der Waals surface area contributed by atoms with Crippen LogP contribution in [0.3, 0.4) is 0 Å². The summed E-state index contributed by atoms with van der Waals surface area (Å²) in [6.45, 7) is 1.55. The van der Waals surface area contributed by atoms with Crippen molar-refractivity contribution >= 4 is 21.8 Å². The van der Waals surface area contributed by atoms with Crippen LogP contribution in [0.1, 0.15) is 10.4 Å². The fourth-order valence-corrected chi connectivity index (χ4v) is 1.75. The van der Waals surface area contributed by atoms with Gasteiger partial charge in [-0.3, -0.25) is 4.79 Å². The number of rotatable bonds is 2. The van der Waals surface area contributed by atoms with Gasteiger partial charge >= 0.3 is 0 Å². The van der Waals surface area contributed by atoms with Gasteiger partial charge in [-0.05, 0) is 34.1 Å². The lowest BCUT2D eigenvalue weighted by molar-refractivity contribution is 0.0922. The van der Waals surface area contributed by atoms with Crippen LogP contribution in [0, 0.1) is 5.82 Å². The first-order chi connectivity index (χ1) is 7.16. The van der Waals surface area contributed by atoms with E-state index in [0.717, 1.165) is 13.1 Å². The predicted octanol–water partition coefficient (Wildman–Crippen LogP) is 1.29. The average molecular weight is 273 g/mol. The summed E-state index contributed by atoms with van der Waals surface area (Å²) in [5, 5.41) is 5.85. The Labute approximate surface area is 95.2 Å². The molecular formula is C10H10BrFN2O. The fraction of sp³-hybridized carbons (Fsp3) is 0.300. The second-order valence-corrected chi connectivity index (χ2v) is 4.31. The van der Waals surface area contributed by atoms with Crippen LogP contribution in [0.2, 0.25) is 0 Å². The Morgan fingerprint density at radius 1 is 1.53 bits per heavy atom. The highest BCUT2D eigenvalue weighted by Crippen LogP contribution is 2.17. The Morgan fingerprint density at radius 2 is 2.27 bits per heavy atom. The predicted molar refractivity (Wildman–Crippen MR) is 58.2 cm³/mol. The molecule has 15 heavy (non-hydrogen) atoms. The Kier molecular flexibility index (Phi) is 3.02. The largest absolute Gasteiger partial charge is 0.347 e. The highest BCUT2D eigenvalue weighted by molar-refractivity contribution is 9.10. The maximum atomic E-state index is 12.9. The zero-order valence-corrected chi connectivity index (χ0v) is 9.47. The van der Waals surface area contributed by atoms with Gasteiger partial charge < -0.3 is 10.6 Å². The molecule has 0 spiro atoms. The van der Waals surface area contributed by atoms with Crippen LogP contribution in [-0.4, -0.2) is 25.0 Å². The van der Waals surface area contributed by atoms with Gasteiger partial charge in [-0.15, -0.1) is 0 Å².